The van der Waals surface area contributed by atoms with Crippen molar-refractivity contribution in [3.63, 3.8) is 0 Å². The molecule has 0 aromatic carbocycles. The highest BCUT2D eigenvalue weighted by Gasteiger charge is 2.42. The van der Waals surface area contributed by atoms with E-state index in [1.165, 1.54) is 0 Å². The highest BCUT2D eigenvalue weighted by atomic mass is 16.5. The minimum absolute atomic E-state index is 0.0626. The van der Waals surface area contributed by atoms with E-state index >= 15 is 0 Å². The summed E-state index contributed by atoms with van der Waals surface area (Å²) in [5, 5.41) is 21.2. The Kier molecular flexibility index (Phi) is 4.09. The predicted molar refractivity (Wildman–Crippen MR) is 57.3 cm³/mol. The molecule has 1 fully saturated rings. The third-order valence-corrected chi connectivity index (χ3v) is 3.19. The lowest BCUT2D eigenvalue weighted by Crippen LogP contribution is -2.55. The summed E-state index contributed by atoms with van der Waals surface area (Å²) in [6, 6.07) is 2.34. The molecule has 0 bridgehead atoms. The van der Waals surface area contributed by atoms with E-state index in [0.29, 0.717) is 26.0 Å². The van der Waals surface area contributed by atoms with Crippen LogP contribution in [0.3, 0.4) is 0 Å². The second kappa shape index (κ2) is 4.93. The number of aliphatic hydroxyl groups excluding tert-OH is 1. The summed E-state index contributed by atoms with van der Waals surface area (Å²) in [5.74, 6) is 0. The van der Waals surface area contributed by atoms with Crippen molar-refractivity contribution in [2.45, 2.75) is 44.2 Å². The van der Waals surface area contributed by atoms with Gasteiger partial charge in [0.2, 0.25) is 0 Å². The van der Waals surface area contributed by atoms with E-state index in [-0.39, 0.29) is 12.2 Å². The lowest BCUT2D eigenvalue weighted by molar-refractivity contribution is -0.0906. The lowest BCUT2D eigenvalue weighted by atomic mass is 9.80. The third kappa shape index (κ3) is 2.91. The van der Waals surface area contributed by atoms with E-state index in [0.717, 1.165) is 6.42 Å². The quantitative estimate of drug-likeness (QED) is 0.723. The Morgan fingerprint density at radius 3 is 2.87 bits per heavy atom. The first-order valence-corrected chi connectivity index (χ1v) is 5.51. The fourth-order valence-electron chi connectivity index (χ4n) is 2.06. The van der Waals surface area contributed by atoms with Gasteiger partial charge in [-0.1, -0.05) is 6.92 Å². The Balaban J connectivity index is 2.69. The number of aliphatic hydroxyl groups is 1. The van der Waals surface area contributed by atoms with Crippen molar-refractivity contribution in [2.75, 3.05) is 19.8 Å². The SMILES string of the molecule is CCC1(C)CC(C#N)(NCCO)CCO1. The maximum Gasteiger partial charge on any atom is 0.111 e. The Labute approximate surface area is 91.2 Å². The van der Waals surface area contributed by atoms with Gasteiger partial charge >= 0.3 is 0 Å². The number of rotatable bonds is 4. The van der Waals surface area contributed by atoms with Crippen molar-refractivity contribution < 1.29 is 9.84 Å². The highest BCUT2D eigenvalue weighted by molar-refractivity contribution is 5.12. The number of hydrogen-bond acceptors (Lipinski definition) is 4. The minimum atomic E-state index is -0.522. The summed E-state index contributed by atoms with van der Waals surface area (Å²) in [4.78, 5) is 0. The van der Waals surface area contributed by atoms with Crippen molar-refractivity contribution in [3.8, 4) is 6.07 Å². The van der Waals surface area contributed by atoms with Gasteiger partial charge < -0.3 is 9.84 Å². The van der Waals surface area contributed by atoms with Gasteiger partial charge in [0.15, 0.2) is 0 Å². The number of nitrogens with one attached hydrogen (secondary N) is 1. The molecule has 2 N–H and O–H groups in total. The van der Waals surface area contributed by atoms with Crippen molar-refractivity contribution in [2.24, 2.45) is 0 Å². The zero-order valence-electron chi connectivity index (χ0n) is 9.55. The topological polar surface area (TPSA) is 65.3 Å². The van der Waals surface area contributed by atoms with E-state index in [2.05, 4.69) is 18.3 Å². The van der Waals surface area contributed by atoms with Crippen LogP contribution < -0.4 is 5.32 Å². The van der Waals surface area contributed by atoms with Gasteiger partial charge in [0, 0.05) is 19.4 Å². The Morgan fingerprint density at radius 2 is 2.33 bits per heavy atom. The monoisotopic (exact) mass is 212 g/mol. The third-order valence-electron chi connectivity index (χ3n) is 3.19. The molecule has 0 radical (unpaired) electrons. The van der Waals surface area contributed by atoms with Crippen molar-refractivity contribution in [1.82, 2.24) is 5.32 Å². The molecule has 1 saturated heterocycles. The molecular formula is C11H20N2O2. The first-order chi connectivity index (χ1) is 7.10. The molecule has 2 atom stereocenters. The zero-order valence-corrected chi connectivity index (χ0v) is 9.55. The number of nitrogens with zero attached hydrogens (tertiary/aromatic N) is 1. The molecule has 4 heteroatoms. The van der Waals surface area contributed by atoms with Gasteiger partial charge in [-0.15, -0.1) is 0 Å². The summed E-state index contributed by atoms with van der Waals surface area (Å²) < 4.78 is 5.70. The van der Waals surface area contributed by atoms with Gasteiger partial charge in [-0.3, -0.25) is 5.32 Å². The maximum atomic E-state index is 9.25. The van der Waals surface area contributed by atoms with Gasteiger partial charge in [0.05, 0.1) is 24.9 Å². The average Bonchev–Trinajstić information content (AvgIpc) is 2.27. The van der Waals surface area contributed by atoms with Crippen molar-refractivity contribution >= 4 is 0 Å². The van der Waals surface area contributed by atoms with Crippen LogP contribution in [0.5, 0.6) is 0 Å². The van der Waals surface area contributed by atoms with Gasteiger partial charge in [-0.2, -0.15) is 5.26 Å². The van der Waals surface area contributed by atoms with Crippen LogP contribution in [-0.2, 0) is 4.74 Å². The molecule has 0 aromatic heterocycles. The number of hydrogen-bond donors (Lipinski definition) is 2. The molecule has 4 nitrogen and oxygen atoms in total. The lowest BCUT2D eigenvalue weighted by Gasteiger charge is -2.42. The standard InChI is InChI=1S/C11H20N2O2/c1-3-10(2)8-11(9-12,4-7-15-10)13-5-6-14/h13-14H,3-8H2,1-2H3. The first-order valence-electron chi connectivity index (χ1n) is 5.51. The van der Waals surface area contributed by atoms with Crippen molar-refractivity contribution in [3.05, 3.63) is 0 Å². The molecular weight excluding hydrogens is 192 g/mol. The van der Waals surface area contributed by atoms with E-state index in [9.17, 15) is 5.26 Å². The molecule has 0 aliphatic carbocycles. The van der Waals surface area contributed by atoms with Crippen LogP contribution in [0.2, 0.25) is 0 Å². The molecule has 1 rings (SSSR count). The van der Waals surface area contributed by atoms with Crippen LogP contribution in [0.4, 0.5) is 0 Å². The highest BCUT2D eigenvalue weighted by Crippen LogP contribution is 2.33. The van der Waals surface area contributed by atoms with Crippen LogP contribution in [0, 0.1) is 11.3 Å². The Morgan fingerprint density at radius 1 is 1.60 bits per heavy atom. The predicted octanol–water partition coefficient (Wildman–Crippen LogP) is 0.810. The minimum Gasteiger partial charge on any atom is -0.395 e. The van der Waals surface area contributed by atoms with Crippen molar-refractivity contribution in [1.29, 1.82) is 5.26 Å². The fourth-order valence-corrected chi connectivity index (χ4v) is 2.06. The molecule has 2 unspecified atom stereocenters. The smallest absolute Gasteiger partial charge is 0.111 e. The van der Waals surface area contributed by atoms with E-state index in [1.807, 2.05) is 6.92 Å². The summed E-state index contributed by atoms with van der Waals surface area (Å²) in [6.45, 7) is 5.25. The van der Waals surface area contributed by atoms with Crippen LogP contribution in [0.1, 0.15) is 33.1 Å². The largest absolute Gasteiger partial charge is 0.395 e. The van der Waals surface area contributed by atoms with Gasteiger partial charge in [-0.05, 0) is 13.3 Å². The van der Waals surface area contributed by atoms with Crippen LogP contribution in [-0.4, -0.2) is 36.0 Å². The van der Waals surface area contributed by atoms with Gasteiger partial charge in [0.1, 0.15) is 5.54 Å². The summed E-state index contributed by atoms with van der Waals surface area (Å²) in [7, 11) is 0. The fraction of sp³-hybridized carbons (Fsp3) is 0.909. The zero-order chi connectivity index (χ0) is 11.4. The Bertz CT molecular complexity index is 251. The second-order valence-corrected chi connectivity index (χ2v) is 4.42. The summed E-state index contributed by atoms with van der Waals surface area (Å²) in [5.41, 5.74) is -0.734. The molecule has 1 heterocycles. The number of ether oxygens (including phenoxy) is 1. The van der Waals surface area contributed by atoms with Gasteiger partial charge in [-0.25, -0.2) is 0 Å². The van der Waals surface area contributed by atoms with Gasteiger partial charge in [0.25, 0.3) is 0 Å². The number of nitriles is 1. The molecule has 15 heavy (non-hydrogen) atoms. The van der Waals surface area contributed by atoms with E-state index < -0.39 is 5.54 Å². The molecule has 0 amide bonds. The van der Waals surface area contributed by atoms with E-state index in [1.54, 1.807) is 0 Å². The average molecular weight is 212 g/mol. The van der Waals surface area contributed by atoms with E-state index in [4.69, 9.17) is 9.84 Å². The molecule has 86 valence electrons. The molecule has 1 aliphatic heterocycles. The first kappa shape index (κ1) is 12.4. The second-order valence-electron chi connectivity index (χ2n) is 4.42. The molecule has 0 spiro atoms. The maximum absolute atomic E-state index is 9.25. The molecule has 1 aliphatic rings. The van der Waals surface area contributed by atoms with Crippen LogP contribution in [0.15, 0.2) is 0 Å². The summed E-state index contributed by atoms with van der Waals surface area (Å²) >= 11 is 0. The van der Waals surface area contributed by atoms with Crippen LogP contribution in [0.25, 0.3) is 0 Å². The summed E-state index contributed by atoms with van der Waals surface area (Å²) in [6.07, 6.45) is 2.28. The molecule has 0 saturated carbocycles. The normalized spacial score (nSPS) is 36.1. The molecule has 0 aromatic rings. The Hall–Kier alpha value is -0.630. The number of β-amino-alcohol motifs (C(OH)–C–C–N with tert-alkyl or cyclic N) is 1. The van der Waals surface area contributed by atoms with Crippen LogP contribution >= 0.6 is 0 Å².